The van der Waals surface area contributed by atoms with Crippen molar-refractivity contribution in [1.29, 1.82) is 0 Å². The Balaban J connectivity index is 0. The molecule has 0 saturated heterocycles. The van der Waals surface area contributed by atoms with Crippen molar-refractivity contribution in [2.24, 2.45) is 0 Å². The second kappa shape index (κ2) is 11.2. The highest BCUT2D eigenvalue weighted by atomic mass is 35.5. The van der Waals surface area contributed by atoms with Gasteiger partial charge in [-0.3, -0.25) is 0 Å². The van der Waals surface area contributed by atoms with Crippen molar-refractivity contribution >= 4 is 60.3 Å². The lowest BCUT2D eigenvalue weighted by Gasteiger charge is -2.23. The monoisotopic (exact) mass is 415 g/mol. The number of carboxylic acid groups (broad SMARTS) is 2. The van der Waals surface area contributed by atoms with E-state index in [0.29, 0.717) is 4.90 Å². The lowest BCUT2D eigenvalue weighted by atomic mass is 10.0. The molecule has 2 rings (SSSR count). The van der Waals surface area contributed by atoms with Gasteiger partial charge >= 0.3 is 11.9 Å². The number of rotatable bonds is 5. The van der Waals surface area contributed by atoms with E-state index in [4.69, 9.17) is 10.2 Å². The van der Waals surface area contributed by atoms with Crippen LogP contribution in [-0.4, -0.2) is 37.5 Å². The van der Waals surface area contributed by atoms with Crippen LogP contribution in [0.1, 0.15) is 6.42 Å². The zero-order chi connectivity index (χ0) is 15.4. The Morgan fingerprint density at radius 1 is 1.00 bits per heavy atom. The highest BCUT2D eigenvalue weighted by Gasteiger charge is 2.24. The number of halogens is 3. The first-order valence-corrected chi connectivity index (χ1v) is 7.36. The summed E-state index contributed by atoms with van der Waals surface area (Å²) in [6.07, 6.45) is 2.48. The minimum atomic E-state index is -1.39. The summed E-state index contributed by atoms with van der Waals surface area (Å²) in [6.45, 7) is 0. The second-order valence-electron chi connectivity index (χ2n) is 4.40. The second-order valence-corrected chi connectivity index (χ2v) is 5.82. The van der Waals surface area contributed by atoms with Gasteiger partial charge in [-0.2, -0.15) is 0 Å². The molecule has 1 atom stereocenters. The Kier molecular flexibility index (Phi) is 11.6. The van der Waals surface area contributed by atoms with Crippen LogP contribution in [0.4, 0.5) is 0 Å². The van der Waals surface area contributed by atoms with Gasteiger partial charge in [0.2, 0.25) is 0 Å². The molecule has 0 saturated carbocycles. The minimum absolute atomic E-state index is 0. The largest absolute Gasteiger partial charge is 0.610 e. The molecule has 1 aliphatic rings. The van der Waals surface area contributed by atoms with E-state index in [1.54, 1.807) is 30.3 Å². The van der Waals surface area contributed by atoms with Crippen LogP contribution in [0.25, 0.3) is 0 Å². The number of aliphatic carboxylic acids is 2. The van der Waals surface area contributed by atoms with Crippen LogP contribution in [0.2, 0.25) is 0 Å². The quantitative estimate of drug-likeness (QED) is 0.716. The number of carbonyl (C=O) groups is 2. The number of nitrogens with zero attached hydrogens (tertiary/aromatic N) is 1. The standard InChI is InChI=1S/C14H13NO5S.3ClH/c16-13(17)10-6-11(14(18)19)8-15(7-10)9-21(20)12-4-2-1-3-5-12;;;/h1-5,7-8H,6,9H2,(H,16,17)(H,18,19);3*1H/t21-;;;/m1.../s1. The van der Waals surface area contributed by atoms with E-state index in [9.17, 15) is 14.1 Å². The normalized spacial score (nSPS) is 14.0. The van der Waals surface area contributed by atoms with E-state index in [1.165, 1.54) is 17.3 Å². The summed E-state index contributed by atoms with van der Waals surface area (Å²) in [6, 6.07) is 8.70. The predicted molar refractivity (Wildman–Crippen MR) is 97.4 cm³/mol. The molecule has 0 spiro atoms. The van der Waals surface area contributed by atoms with E-state index in [0.717, 1.165) is 0 Å². The van der Waals surface area contributed by atoms with Crippen molar-refractivity contribution in [1.82, 2.24) is 4.90 Å². The molecule has 0 aliphatic carbocycles. The first-order chi connectivity index (χ1) is 9.97. The summed E-state index contributed by atoms with van der Waals surface area (Å²) in [5, 5.41) is 18.0. The van der Waals surface area contributed by atoms with Crippen LogP contribution < -0.4 is 0 Å². The Morgan fingerprint density at radius 2 is 1.46 bits per heavy atom. The van der Waals surface area contributed by atoms with Crippen molar-refractivity contribution in [2.45, 2.75) is 11.3 Å². The van der Waals surface area contributed by atoms with Gasteiger partial charge in [0.05, 0.1) is 11.1 Å². The molecule has 0 bridgehead atoms. The van der Waals surface area contributed by atoms with Crippen molar-refractivity contribution in [2.75, 3.05) is 5.88 Å². The third-order valence-corrected chi connectivity index (χ3v) is 4.18. The minimum Gasteiger partial charge on any atom is -0.610 e. The van der Waals surface area contributed by atoms with Crippen LogP contribution in [0, 0.1) is 0 Å². The molecular weight excluding hydrogens is 401 g/mol. The number of hydrogen-bond acceptors (Lipinski definition) is 4. The van der Waals surface area contributed by atoms with E-state index < -0.39 is 23.1 Å². The van der Waals surface area contributed by atoms with Gasteiger partial charge in [0, 0.05) is 30.0 Å². The number of benzene rings is 1. The molecule has 0 fully saturated rings. The van der Waals surface area contributed by atoms with Crippen molar-refractivity contribution in [3.05, 3.63) is 53.9 Å². The molecule has 6 nitrogen and oxygen atoms in total. The number of hydrogen-bond donors (Lipinski definition) is 2. The van der Waals surface area contributed by atoms with Gasteiger partial charge in [-0.15, -0.1) is 37.2 Å². The molecule has 1 aromatic carbocycles. The maximum absolute atomic E-state index is 12.2. The average Bonchev–Trinajstić information content (AvgIpc) is 2.47. The molecule has 0 amide bonds. The molecule has 134 valence electrons. The topological polar surface area (TPSA) is 101 Å². The predicted octanol–water partition coefficient (Wildman–Crippen LogP) is 2.66. The van der Waals surface area contributed by atoms with Gasteiger partial charge in [-0.25, -0.2) is 9.59 Å². The van der Waals surface area contributed by atoms with Crippen LogP contribution >= 0.6 is 37.2 Å². The Morgan fingerprint density at radius 3 is 1.88 bits per heavy atom. The third-order valence-electron chi connectivity index (χ3n) is 2.85. The highest BCUT2D eigenvalue weighted by Crippen LogP contribution is 2.21. The van der Waals surface area contributed by atoms with Gasteiger partial charge in [-0.1, -0.05) is 18.2 Å². The van der Waals surface area contributed by atoms with Crippen LogP contribution in [0.5, 0.6) is 0 Å². The summed E-state index contributed by atoms with van der Waals surface area (Å²) in [4.78, 5) is 24.0. The molecule has 1 heterocycles. The maximum atomic E-state index is 12.2. The SMILES string of the molecule is Cl.Cl.Cl.O=C(O)C1=CN(C[S@@+]([O-])c2ccccc2)C=C(C(=O)O)C1. The van der Waals surface area contributed by atoms with Gasteiger partial charge in [0.1, 0.15) is 0 Å². The summed E-state index contributed by atoms with van der Waals surface area (Å²) >= 11 is -1.39. The van der Waals surface area contributed by atoms with Gasteiger partial charge in [0.25, 0.3) is 0 Å². The van der Waals surface area contributed by atoms with Gasteiger partial charge in [-0.05, 0) is 12.1 Å². The van der Waals surface area contributed by atoms with E-state index in [2.05, 4.69) is 0 Å². The third kappa shape index (κ3) is 6.62. The van der Waals surface area contributed by atoms with Crippen molar-refractivity contribution in [3.8, 4) is 0 Å². The summed E-state index contributed by atoms with van der Waals surface area (Å²) in [7, 11) is 0. The molecule has 1 aliphatic heterocycles. The zero-order valence-electron chi connectivity index (χ0n) is 12.2. The smallest absolute Gasteiger partial charge is 0.333 e. The molecular formula is C14H16Cl3NO5S. The van der Waals surface area contributed by atoms with Crippen LogP contribution in [-0.2, 0) is 20.8 Å². The fraction of sp³-hybridized carbons (Fsp3) is 0.143. The first kappa shape index (κ1) is 24.9. The lowest BCUT2D eigenvalue weighted by molar-refractivity contribution is -0.133. The van der Waals surface area contributed by atoms with Crippen molar-refractivity contribution in [3.63, 3.8) is 0 Å². The van der Waals surface area contributed by atoms with Crippen molar-refractivity contribution < 1.29 is 24.4 Å². The molecule has 10 heteroatoms. The molecule has 0 unspecified atom stereocenters. The lowest BCUT2D eigenvalue weighted by Crippen LogP contribution is -2.26. The van der Waals surface area contributed by atoms with Crippen LogP contribution in [0.15, 0.2) is 58.8 Å². The Hall–Kier alpha value is -1.38. The fourth-order valence-electron chi connectivity index (χ4n) is 1.85. The van der Waals surface area contributed by atoms with Gasteiger partial charge < -0.3 is 19.7 Å². The maximum Gasteiger partial charge on any atom is 0.333 e. The molecule has 0 aromatic heterocycles. The molecule has 0 radical (unpaired) electrons. The summed E-state index contributed by atoms with van der Waals surface area (Å²) in [5.41, 5.74) is -0.0834. The number of carboxylic acids is 2. The van der Waals surface area contributed by atoms with E-state index in [1.807, 2.05) is 0 Å². The average molecular weight is 417 g/mol. The van der Waals surface area contributed by atoms with E-state index >= 15 is 0 Å². The zero-order valence-corrected chi connectivity index (χ0v) is 15.4. The summed E-state index contributed by atoms with van der Waals surface area (Å²) < 4.78 is 12.2. The van der Waals surface area contributed by atoms with Crippen LogP contribution in [0.3, 0.4) is 0 Å². The fourth-order valence-corrected chi connectivity index (χ4v) is 2.88. The Labute approximate surface area is 160 Å². The van der Waals surface area contributed by atoms with E-state index in [-0.39, 0.29) is 60.7 Å². The molecule has 2 N–H and O–H groups in total. The summed E-state index contributed by atoms with van der Waals surface area (Å²) in [5.74, 6) is -2.37. The first-order valence-electron chi connectivity index (χ1n) is 6.04. The van der Waals surface area contributed by atoms with Gasteiger partial charge in [0.15, 0.2) is 10.8 Å². The molecule has 24 heavy (non-hydrogen) atoms. The highest BCUT2D eigenvalue weighted by molar-refractivity contribution is 7.91. The molecule has 1 aromatic rings. The Bertz CT molecular complexity index is 594.